The Balaban J connectivity index is 1.47. The van der Waals surface area contributed by atoms with Gasteiger partial charge in [-0.15, -0.1) is 11.8 Å². The first-order valence-corrected chi connectivity index (χ1v) is 11.6. The van der Waals surface area contributed by atoms with Crippen LogP contribution in [-0.2, 0) is 9.53 Å². The first kappa shape index (κ1) is 19.3. The predicted molar refractivity (Wildman–Crippen MR) is 107 cm³/mol. The summed E-state index contributed by atoms with van der Waals surface area (Å²) in [6.07, 6.45) is 15.5. The molecule has 0 heterocycles. The minimum absolute atomic E-state index is 0.0367. The highest BCUT2D eigenvalue weighted by molar-refractivity contribution is 7.99. The summed E-state index contributed by atoms with van der Waals surface area (Å²) in [5, 5.41) is 0. The van der Waals surface area contributed by atoms with Gasteiger partial charge >= 0.3 is 5.97 Å². The molecule has 3 rings (SSSR count). The largest absolute Gasteiger partial charge is 0.459 e. The first-order chi connectivity index (χ1) is 12.0. The van der Waals surface area contributed by atoms with Gasteiger partial charge in [-0.1, -0.05) is 31.9 Å². The van der Waals surface area contributed by atoms with Gasteiger partial charge in [0.1, 0.15) is 5.60 Å². The highest BCUT2D eigenvalue weighted by Gasteiger charge is 2.41. The number of esters is 1. The Hall–Kier alpha value is -0.440. The van der Waals surface area contributed by atoms with Crippen molar-refractivity contribution >= 4 is 17.7 Å². The summed E-state index contributed by atoms with van der Waals surface area (Å²) in [6.45, 7) is 6.07. The van der Waals surface area contributed by atoms with E-state index in [4.69, 9.17) is 4.74 Å². The molecule has 0 amide bonds. The molecule has 0 aromatic rings. The molecule has 0 bridgehead atoms. The van der Waals surface area contributed by atoms with Gasteiger partial charge in [-0.05, 0) is 87.7 Å². The normalized spacial score (nSPS) is 34.9. The Labute approximate surface area is 158 Å². The van der Waals surface area contributed by atoms with Gasteiger partial charge in [0, 0.05) is 0 Å². The van der Waals surface area contributed by atoms with Crippen LogP contribution in [0, 0.1) is 29.6 Å². The van der Waals surface area contributed by atoms with Crippen molar-refractivity contribution in [2.24, 2.45) is 29.6 Å². The number of rotatable bonds is 6. The summed E-state index contributed by atoms with van der Waals surface area (Å²) in [4.78, 5) is 12.1. The van der Waals surface area contributed by atoms with Gasteiger partial charge in [0.05, 0.1) is 5.75 Å². The van der Waals surface area contributed by atoms with Crippen LogP contribution in [0.3, 0.4) is 0 Å². The third kappa shape index (κ3) is 5.05. The number of carbonyl (C=O) groups is 1. The molecule has 3 aliphatic rings. The Kier molecular flexibility index (Phi) is 6.57. The minimum Gasteiger partial charge on any atom is -0.459 e. The molecule has 3 aliphatic carbocycles. The highest BCUT2D eigenvalue weighted by Crippen LogP contribution is 2.51. The molecule has 5 atom stereocenters. The number of carbonyl (C=O) groups excluding carboxylic acids is 1. The average Bonchev–Trinajstić information content (AvgIpc) is 2.60. The van der Waals surface area contributed by atoms with Gasteiger partial charge in [0.2, 0.25) is 0 Å². The van der Waals surface area contributed by atoms with Gasteiger partial charge in [0.15, 0.2) is 0 Å². The summed E-state index contributed by atoms with van der Waals surface area (Å²) in [5.74, 6) is 6.22. The predicted octanol–water partition coefficient (Wildman–Crippen LogP) is 5.86. The van der Waals surface area contributed by atoms with Crippen molar-refractivity contribution in [2.45, 2.75) is 77.7 Å². The van der Waals surface area contributed by atoms with E-state index in [2.05, 4.69) is 19.1 Å². The number of thioether (sulfide) groups is 1. The lowest BCUT2D eigenvalue weighted by molar-refractivity contribution is -0.153. The van der Waals surface area contributed by atoms with Crippen molar-refractivity contribution in [3.05, 3.63) is 12.2 Å². The number of hydrogen-bond acceptors (Lipinski definition) is 3. The lowest BCUT2D eigenvalue weighted by Gasteiger charge is -2.48. The Bertz CT molecular complexity index is 484. The van der Waals surface area contributed by atoms with Crippen LogP contribution in [0.2, 0.25) is 0 Å². The molecular weight excluding hydrogens is 328 g/mol. The Morgan fingerprint density at radius 1 is 1.12 bits per heavy atom. The second-order valence-electron chi connectivity index (χ2n) is 9.15. The molecule has 0 spiro atoms. The summed E-state index contributed by atoms with van der Waals surface area (Å²) in [5.41, 5.74) is -0.319. The first-order valence-electron chi connectivity index (χ1n) is 10.4. The van der Waals surface area contributed by atoms with E-state index < -0.39 is 0 Å². The second kappa shape index (κ2) is 8.50. The molecule has 142 valence electrons. The van der Waals surface area contributed by atoms with E-state index in [-0.39, 0.29) is 11.6 Å². The molecule has 0 aromatic heterocycles. The molecule has 2 nitrogen and oxygen atoms in total. The molecule has 2 saturated carbocycles. The van der Waals surface area contributed by atoms with Crippen LogP contribution in [-0.4, -0.2) is 23.1 Å². The van der Waals surface area contributed by atoms with Crippen LogP contribution >= 0.6 is 11.8 Å². The van der Waals surface area contributed by atoms with E-state index in [1.54, 1.807) is 0 Å². The summed E-state index contributed by atoms with van der Waals surface area (Å²) in [6, 6.07) is 0. The van der Waals surface area contributed by atoms with Crippen molar-refractivity contribution in [2.75, 3.05) is 11.5 Å². The van der Waals surface area contributed by atoms with Crippen LogP contribution < -0.4 is 0 Å². The maximum absolute atomic E-state index is 12.1. The zero-order valence-corrected chi connectivity index (χ0v) is 17.2. The van der Waals surface area contributed by atoms with Crippen LogP contribution in [0.4, 0.5) is 0 Å². The zero-order chi connectivity index (χ0) is 17.9. The standard InChI is InChI=1S/C22H36O2S/c1-4-22(2,3)24-21(23)15-25-14-19-11-7-10-18-12-16-8-5-6-9-17(16)13-20(18)19/h5-6,16-20H,4,7-15H2,1-3H3. The zero-order valence-electron chi connectivity index (χ0n) is 16.3. The molecule has 25 heavy (non-hydrogen) atoms. The van der Waals surface area contributed by atoms with E-state index in [0.717, 1.165) is 41.8 Å². The maximum atomic E-state index is 12.1. The van der Waals surface area contributed by atoms with Gasteiger partial charge in [-0.25, -0.2) is 0 Å². The fraction of sp³-hybridized carbons (Fsp3) is 0.864. The molecule has 5 unspecified atom stereocenters. The molecule has 0 radical (unpaired) electrons. The summed E-state index contributed by atoms with van der Waals surface area (Å²) >= 11 is 1.82. The summed E-state index contributed by atoms with van der Waals surface area (Å²) < 4.78 is 5.59. The van der Waals surface area contributed by atoms with Crippen molar-refractivity contribution in [3.63, 3.8) is 0 Å². The van der Waals surface area contributed by atoms with E-state index in [0.29, 0.717) is 5.75 Å². The van der Waals surface area contributed by atoms with E-state index in [1.807, 2.05) is 25.6 Å². The summed E-state index contributed by atoms with van der Waals surface area (Å²) in [7, 11) is 0. The SMILES string of the molecule is CCC(C)(C)OC(=O)CSCC1CCCC2CC3CC=CCC3CC12. The molecule has 0 aromatic carbocycles. The van der Waals surface area contributed by atoms with Crippen molar-refractivity contribution in [3.8, 4) is 0 Å². The highest BCUT2D eigenvalue weighted by atomic mass is 32.2. The van der Waals surface area contributed by atoms with E-state index in [1.165, 1.54) is 44.9 Å². The topological polar surface area (TPSA) is 26.3 Å². The third-order valence-electron chi connectivity index (χ3n) is 7.05. The van der Waals surface area contributed by atoms with E-state index >= 15 is 0 Å². The van der Waals surface area contributed by atoms with Crippen LogP contribution in [0.25, 0.3) is 0 Å². The number of ether oxygens (including phenoxy) is 1. The van der Waals surface area contributed by atoms with Crippen molar-refractivity contribution in [1.82, 2.24) is 0 Å². The Morgan fingerprint density at radius 3 is 2.56 bits per heavy atom. The average molecular weight is 365 g/mol. The smallest absolute Gasteiger partial charge is 0.316 e. The van der Waals surface area contributed by atoms with Crippen molar-refractivity contribution < 1.29 is 9.53 Å². The van der Waals surface area contributed by atoms with Gasteiger partial charge in [-0.2, -0.15) is 0 Å². The second-order valence-corrected chi connectivity index (χ2v) is 10.2. The molecule has 0 aliphatic heterocycles. The Morgan fingerprint density at radius 2 is 1.84 bits per heavy atom. The monoisotopic (exact) mass is 364 g/mol. The van der Waals surface area contributed by atoms with E-state index in [9.17, 15) is 4.79 Å². The van der Waals surface area contributed by atoms with Crippen LogP contribution in [0.15, 0.2) is 12.2 Å². The maximum Gasteiger partial charge on any atom is 0.316 e. The number of allylic oxidation sites excluding steroid dienone is 2. The fourth-order valence-electron chi connectivity index (χ4n) is 5.29. The van der Waals surface area contributed by atoms with Gasteiger partial charge in [0.25, 0.3) is 0 Å². The van der Waals surface area contributed by atoms with Crippen molar-refractivity contribution in [1.29, 1.82) is 0 Å². The van der Waals surface area contributed by atoms with Crippen LogP contribution in [0.1, 0.15) is 72.1 Å². The van der Waals surface area contributed by atoms with Gasteiger partial charge in [-0.3, -0.25) is 4.79 Å². The minimum atomic E-state index is -0.319. The molecule has 0 N–H and O–H groups in total. The van der Waals surface area contributed by atoms with Crippen LogP contribution in [0.5, 0.6) is 0 Å². The number of fused-ring (bicyclic) bond motifs is 2. The molecule has 3 heteroatoms. The molecule has 0 saturated heterocycles. The number of hydrogen-bond donors (Lipinski definition) is 0. The lowest BCUT2D eigenvalue weighted by atomic mass is 9.58. The quantitative estimate of drug-likeness (QED) is 0.436. The molecule has 2 fully saturated rings. The molecular formula is C22H36O2S. The fourth-order valence-corrected chi connectivity index (χ4v) is 6.35. The lowest BCUT2D eigenvalue weighted by Crippen LogP contribution is -2.39. The van der Waals surface area contributed by atoms with Gasteiger partial charge < -0.3 is 4.74 Å². The third-order valence-corrected chi connectivity index (χ3v) is 8.15.